The summed E-state index contributed by atoms with van der Waals surface area (Å²) in [6.07, 6.45) is 0. The van der Waals surface area contributed by atoms with Gasteiger partial charge in [-0.1, -0.05) is 182 Å². The van der Waals surface area contributed by atoms with Crippen molar-refractivity contribution >= 4 is 99.7 Å². The van der Waals surface area contributed by atoms with Crippen LogP contribution in [-0.2, 0) is 33.0 Å². The van der Waals surface area contributed by atoms with E-state index in [-0.39, 0.29) is 45.4 Å². The molecule has 0 heterocycles. The molecule has 9 heteroatoms. The van der Waals surface area contributed by atoms with Crippen molar-refractivity contribution in [3.63, 3.8) is 0 Å². The Morgan fingerprint density at radius 2 is 0.289 bits per heavy atom. The second-order valence-electron chi connectivity index (χ2n) is 8.46. The first-order valence-corrected chi connectivity index (χ1v) is 16.7. The summed E-state index contributed by atoms with van der Waals surface area (Å²) >= 11 is 0. The molecule has 0 amide bonds. The van der Waals surface area contributed by atoms with Crippen LogP contribution >= 0.6 is 67.8 Å². The van der Waals surface area contributed by atoms with Gasteiger partial charge in [0.05, 0.1) is 0 Å². The van der Waals surface area contributed by atoms with Crippen molar-refractivity contribution in [3.05, 3.63) is 182 Å². The number of hydrogen-bond acceptors (Lipinski definition) is 0. The molecule has 45 heavy (non-hydrogen) atoms. The van der Waals surface area contributed by atoms with Gasteiger partial charge < -0.3 is 0 Å². The Morgan fingerprint density at radius 3 is 0.333 bits per heavy atom. The number of hydrogen-bond donors (Lipinski definition) is 0. The summed E-state index contributed by atoms with van der Waals surface area (Å²) in [4.78, 5) is 0. The summed E-state index contributed by atoms with van der Waals surface area (Å²) in [7, 11) is 15.8. The van der Waals surface area contributed by atoms with Gasteiger partial charge in [-0.3, -0.25) is 0 Å². The van der Waals surface area contributed by atoms with E-state index in [1.165, 1.54) is 31.8 Å². The summed E-state index contributed by atoms with van der Waals surface area (Å²) < 4.78 is 0. The molecule has 0 radical (unpaired) electrons. The fourth-order valence-corrected chi connectivity index (χ4v) is 4.05. The van der Waals surface area contributed by atoms with Gasteiger partial charge in [-0.15, -0.1) is 67.8 Å². The molecule has 0 saturated carbocycles. The fourth-order valence-electron chi connectivity index (χ4n) is 2.72. The smallest absolute Gasteiger partial charge is 0 e. The average molecular weight is 814 g/mol. The molecule has 0 aliphatic heterocycles. The van der Waals surface area contributed by atoms with Gasteiger partial charge in [-0.2, -0.15) is 0 Å². The van der Waals surface area contributed by atoms with Crippen molar-refractivity contribution in [1.29, 1.82) is 0 Å². The molecule has 0 aromatic heterocycles. The van der Waals surface area contributed by atoms with Gasteiger partial charge in [0.1, 0.15) is 0 Å². The van der Waals surface area contributed by atoms with Crippen LogP contribution in [-0.4, -0.2) is 0 Å². The zero-order valence-corrected chi connectivity index (χ0v) is 34.5. The second kappa shape index (κ2) is 34.5. The van der Waals surface area contributed by atoms with Crippen molar-refractivity contribution < 1.29 is 33.0 Å². The topological polar surface area (TPSA) is 0 Å². The van der Waals surface area contributed by atoms with E-state index in [9.17, 15) is 0 Å². The normalized spacial score (nSPS) is 8.13. The van der Waals surface area contributed by atoms with Crippen LogP contribution in [0.25, 0.3) is 0 Å². The Hall–Kier alpha value is -0.823. The van der Waals surface area contributed by atoms with Crippen LogP contribution in [0.4, 0.5) is 0 Å². The molecule has 0 N–H and O–H groups in total. The molecule has 0 saturated heterocycles. The molecule has 0 aliphatic rings. The van der Waals surface area contributed by atoms with Gasteiger partial charge in [0.15, 0.2) is 0 Å². The number of benzene rings is 6. The van der Waals surface area contributed by atoms with Crippen molar-refractivity contribution in [2.24, 2.45) is 0 Å². The second-order valence-corrected chi connectivity index (χ2v) is 12.5. The van der Waals surface area contributed by atoms with E-state index in [0.717, 1.165) is 0 Å². The largest absolute Gasteiger partial charge is 0.147 e. The SMILES string of the molecule is Cl.Pc1ccccc1.Pc1ccccc1.Pc1ccccc1.Pc1ccccc1.Pc1ccccc1.Pc1ccccc1.[Ni].[Ni]. The maximum absolute atomic E-state index is 2.63. The van der Waals surface area contributed by atoms with Crippen LogP contribution in [0.1, 0.15) is 0 Å². The molecule has 0 aliphatic carbocycles. The van der Waals surface area contributed by atoms with E-state index in [4.69, 9.17) is 0 Å². The molecule has 6 unspecified atom stereocenters. The maximum Gasteiger partial charge on any atom is 0 e. The molecule has 0 nitrogen and oxygen atoms in total. The summed E-state index contributed by atoms with van der Waals surface area (Å²) in [6, 6.07) is 60.8. The summed E-state index contributed by atoms with van der Waals surface area (Å²) in [5, 5.41) is 7.43. The van der Waals surface area contributed by atoms with Gasteiger partial charge in [0.2, 0.25) is 0 Å². The van der Waals surface area contributed by atoms with Gasteiger partial charge in [0.25, 0.3) is 0 Å². The third-order valence-electron chi connectivity index (χ3n) is 4.80. The molecule has 6 rings (SSSR count). The van der Waals surface area contributed by atoms with E-state index >= 15 is 0 Å². The Labute approximate surface area is 312 Å². The van der Waals surface area contributed by atoms with Crippen LogP contribution in [0.5, 0.6) is 0 Å². The van der Waals surface area contributed by atoms with E-state index in [2.05, 4.69) is 55.4 Å². The summed E-state index contributed by atoms with van der Waals surface area (Å²) in [5.41, 5.74) is 0. The Morgan fingerprint density at radius 1 is 0.200 bits per heavy atom. The molecule has 6 atom stereocenters. The Balaban J connectivity index is -0.000000464. The van der Waals surface area contributed by atoms with Gasteiger partial charge >= 0.3 is 0 Å². The third-order valence-corrected chi connectivity index (χ3v) is 7.11. The number of halogens is 1. The standard InChI is InChI=1S/6C6H7P.ClH.2Ni/c6*7-6-4-2-1-3-5-6;;;/h6*1-5H,7H2;1H;;. The fraction of sp³-hybridized carbons (Fsp3) is 0. The number of rotatable bonds is 0. The minimum atomic E-state index is 0. The molecule has 6 aromatic rings. The summed E-state index contributed by atoms with van der Waals surface area (Å²) in [5.74, 6) is 0. The van der Waals surface area contributed by atoms with Gasteiger partial charge in [0, 0.05) is 33.0 Å². The van der Waals surface area contributed by atoms with E-state index in [0.29, 0.717) is 0 Å². The van der Waals surface area contributed by atoms with Crippen molar-refractivity contribution in [2.45, 2.75) is 0 Å². The van der Waals surface area contributed by atoms with Crippen LogP contribution in [0.2, 0.25) is 0 Å². The van der Waals surface area contributed by atoms with Crippen molar-refractivity contribution in [1.82, 2.24) is 0 Å². The first-order valence-electron chi connectivity index (χ1n) is 13.2. The van der Waals surface area contributed by atoms with Crippen molar-refractivity contribution in [3.8, 4) is 0 Å². The predicted molar refractivity (Wildman–Crippen MR) is 222 cm³/mol. The molecule has 0 spiro atoms. The molecular weight excluding hydrogens is 771 g/mol. The zero-order chi connectivity index (χ0) is 30.7. The van der Waals surface area contributed by atoms with Crippen molar-refractivity contribution in [2.75, 3.05) is 0 Å². The van der Waals surface area contributed by atoms with Crippen LogP contribution in [0, 0.1) is 0 Å². The first-order chi connectivity index (χ1) is 20.4. The van der Waals surface area contributed by atoms with Crippen LogP contribution in [0.15, 0.2) is 182 Å². The monoisotopic (exact) mass is 812 g/mol. The Kier molecular flexibility index (Phi) is 37.2. The molecular formula is C36H43ClNi2P6. The molecule has 0 fully saturated rings. The quantitative estimate of drug-likeness (QED) is 0.110. The minimum absolute atomic E-state index is 0. The zero-order valence-electron chi connectivity index (χ0n) is 24.8. The molecule has 6 aromatic carbocycles. The van der Waals surface area contributed by atoms with Crippen LogP contribution < -0.4 is 31.8 Å². The van der Waals surface area contributed by atoms with Crippen LogP contribution in [0.3, 0.4) is 0 Å². The van der Waals surface area contributed by atoms with E-state index in [1.807, 2.05) is 182 Å². The maximum atomic E-state index is 2.63. The van der Waals surface area contributed by atoms with Gasteiger partial charge in [-0.25, -0.2) is 0 Å². The Bertz CT molecular complexity index is 1110. The van der Waals surface area contributed by atoms with Gasteiger partial charge in [-0.05, 0) is 31.8 Å². The average Bonchev–Trinajstić information content (AvgIpc) is 3.01. The molecule has 0 bridgehead atoms. The summed E-state index contributed by atoms with van der Waals surface area (Å²) in [6.45, 7) is 0. The predicted octanol–water partition coefficient (Wildman–Crippen LogP) is 7.54. The first kappa shape index (κ1) is 48.6. The third kappa shape index (κ3) is 32.9. The minimum Gasteiger partial charge on any atom is -0.147 e. The van der Waals surface area contributed by atoms with E-state index < -0.39 is 0 Å². The molecule has 244 valence electrons. The van der Waals surface area contributed by atoms with E-state index in [1.54, 1.807) is 0 Å².